The Labute approximate surface area is 90.5 Å². The first-order valence-corrected chi connectivity index (χ1v) is 4.50. The maximum Gasteiger partial charge on any atom is 0.301 e. The molecule has 0 atom stereocenters. The van der Waals surface area contributed by atoms with Crippen molar-refractivity contribution in [3.8, 4) is 0 Å². The van der Waals surface area contributed by atoms with Gasteiger partial charge in [-0.15, -0.1) is 0 Å². The van der Waals surface area contributed by atoms with E-state index >= 15 is 0 Å². The lowest BCUT2D eigenvalue weighted by Crippen LogP contribution is -2.30. The maximum atomic E-state index is 11.8. The third-order valence-corrected chi connectivity index (χ3v) is 1.79. The monoisotopic (exact) mass is 234 g/mol. The topological polar surface area (TPSA) is 77.5 Å². The highest BCUT2D eigenvalue weighted by Crippen LogP contribution is 2.15. The minimum atomic E-state index is -2.53. The Kier molecular flexibility index (Phi) is 4.39. The predicted octanol–water partition coefficient (Wildman–Crippen LogP) is 0.973. The van der Waals surface area contributed by atoms with Gasteiger partial charge >= 0.3 is 5.91 Å². The average Bonchev–Trinajstić information content (AvgIpc) is 2.58. The summed E-state index contributed by atoms with van der Waals surface area (Å²) < 4.78 is 33.3. The van der Waals surface area contributed by atoms with E-state index in [-0.39, 0.29) is 12.4 Å². The molecule has 16 heavy (non-hydrogen) atoms. The molecular formula is C9H12F2N2O3. The van der Waals surface area contributed by atoms with Gasteiger partial charge in [-0.25, -0.2) is 14.6 Å². The number of ether oxygens (including phenoxy) is 1. The van der Waals surface area contributed by atoms with Crippen LogP contribution in [0.25, 0.3) is 0 Å². The van der Waals surface area contributed by atoms with Crippen LogP contribution in [0.1, 0.15) is 21.9 Å². The van der Waals surface area contributed by atoms with E-state index in [1.54, 1.807) is 6.92 Å². The highest BCUT2D eigenvalue weighted by Gasteiger charge is 2.14. The second-order valence-corrected chi connectivity index (χ2v) is 3.10. The molecule has 0 aliphatic rings. The average molecular weight is 234 g/mol. The van der Waals surface area contributed by atoms with Crippen molar-refractivity contribution in [2.45, 2.75) is 20.0 Å². The molecule has 0 bridgehead atoms. The molecule has 1 rings (SSSR count). The van der Waals surface area contributed by atoms with Crippen LogP contribution in [0, 0.1) is 6.92 Å². The summed E-state index contributed by atoms with van der Waals surface area (Å²) in [6, 6.07) is 1.54. The lowest BCUT2D eigenvalue weighted by molar-refractivity contribution is 0.00428. The number of nitrogens with two attached hydrogens (primary N) is 1. The molecule has 0 spiro atoms. The van der Waals surface area contributed by atoms with E-state index in [1.165, 1.54) is 6.07 Å². The van der Waals surface area contributed by atoms with Gasteiger partial charge in [-0.1, -0.05) is 0 Å². The van der Waals surface area contributed by atoms with Crippen molar-refractivity contribution >= 4 is 5.91 Å². The van der Waals surface area contributed by atoms with E-state index in [1.807, 2.05) is 5.43 Å². The Morgan fingerprint density at radius 2 is 2.38 bits per heavy atom. The molecular weight excluding hydrogens is 222 g/mol. The number of halogens is 2. The minimum absolute atomic E-state index is 0.0538. The zero-order valence-corrected chi connectivity index (χ0v) is 8.63. The second-order valence-electron chi connectivity index (χ2n) is 3.10. The molecule has 7 heteroatoms. The lowest BCUT2D eigenvalue weighted by atomic mass is 10.2. The van der Waals surface area contributed by atoms with Crippen LogP contribution in [0.2, 0.25) is 0 Å². The van der Waals surface area contributed by atoms with Crippen LogP contribution in [-0.2, 0) is 11.3 Å². The van der Waals surface area contributed by atoms with Gasteiger partial charge in [-0.3, -0.25) is 10.2 Å². The molecule has 1 aromatic heterocycles. The summed E-state index contributed by atoms with van der Waals surface area (Å²) in [7, 11) is 0. The largest absolute Gasteiger partial charge is 0.453 e. The van der Waals surface area contributed by atoms with Gasteiger partial charge in [0.25, 0.3) is 6.43 Å². The molecule has 0 fully saturated rings. The number of hydrogen-bond acceptors (Lipinski definition) is 4. The highest BCUT2D eigenvalue weighted by atomic mass is 19.3. The van der Waals surface area contributed by atoms with Gasteiger partial charge in [0.15, 0.2) is 5.76 Å². The van der Waals surface area contributed by atoms with Crippen molar-refractivity contribution in [2.24, 2.45) is 5.84 Å². The molecule has 5 nitrogen and oxygen atoms in total. The molecule has 0 aromatic carbocycles. The number of carbonyl (C=O) groups excluding carboxylic acids is 1. The molecule has 0 saturated carbocycles. The molecule has 0 aliphatic carbocycles. The van der Waals surface area contributed by atoms with Crippen molar-refractivity contribution in [3.63, 3.8) is 0 Å². The zero-order valence-electron chi connectivity index (χ0n) is 8.63. The molecule has 0 radical (unpaired) electrons. The van der Waals surface area contributed by atoms with Crippen LogP contribution in [0.5, 0.6) is 0 Å². The fraction of sp³-hybridized carbons (Fsp3) is 0.444. The van der Waals surface area contributed by atoms with Gasteiger partial charge < -0.3 is 9.15 Å². The summed E-state index contributed by atoms with van der Waals surface area (Å²) in [6.07, 6.45) is -2.53. The third-order valence-electron chi connectivity index (χ3n) is 1.79. The Balaban J connectivity index is 2.59. The molecule has 1 amide bonds. The number of nitrogen functional groups attached to an aromatic ring is 1. The molecule has 0 saturated heterocycles. The fourth-order valence-corrected chi connectivity index (χ4v) is 1.16. The van der Waals surface area contributed by atoms with Crippen LogP contribution < -0.4 is 11.3 Å². The van der Waals surface area contributed by atoms with Crippen molar-refractivity contribution in [2.75, 3.05) is 6.61 Å². The SMILES string of the molecule is Cc1cc(COCC(F)F)oc1C(=O)NN. The van der Waals surface area contributed by atoms with E-state index in [0.29, 0.717) is 11.3 Å². The molecule has 0 unspecified atom stereocenters. The van der Waals surface area contributed by atoms with Crippen molar-refractivity contribution in [1.29, 1.82) is 0 Å². The number of amides is 1. The van der Waals surface area contributed by atoms with Gasteiger partial charge in [-0.05, 0) is 13.0 Å². The highest BCUT2D eigenvalue weighted by molar-refractivity contribution is 5.92. The quantitative estimate of drug-likeness (QED) is 0.452. The van der Waals surface area contributed by atoms with Crippen LogP contribution >= 0.6 is 0 Å². The summed E-state index contributed by atoms with van der Waals surface area (Å²) in [6.45, 7) is 0.867. The van der Waals surface area contributed by atoms with Crippen molar-refractivity contribution < 1.29 is 22.7 Å². The number of carbonyl (C=O) groups is 1. The first kappa shape index (κ1) is 12.6. The smallest absolute Gasteiger partial charge is 0.301 e. The van der Waals surface area contributed by atoms with Gasteiger partial charge in [0.2, 0.25) is 0 Å². The van der Waals surface area contributed by atoms with Crippen molar-refractivity contribution in [3.05, 3.63) is 23.2 Å². The first-order valence-electron chi connectivity index (χ1n) is 4.50. The molecule has 3 N–H and O–H groups in total. The molecule has 90 valence electrons. The Hall–Kier alpha value is -1.47. The number of hydrazine groups is 1. The summed E-state index contributed by atoms with van der Waals surface area (Å²) >= 11 is 0. The molecule has 0 aliphatic heterocycles. The number of furan rings is 1. The normalized spacial score (nSPS) is 10.8. The Bertz CT molecular complexity index is 366. The number of alkyl halides is 2. The number of nitrogens with one attached hydrogen (secondary N) is 1. The summed E-state index contributed by atoms with van der Waals surface area (Å²) in [5, 5.41) is 0. The third kappa shape index (κ3) is 3.28. The zero-order chi connectivity index (χ0) is 12.1. The van der Waals surface area contributed by atoms with Crippen LogP contribution in [0.15, 0.2) is 10.5 Å². The molecule has 1 aromatic rings. The van der Waals surface area contributed by atoms with Crippen LogP contribution in [0.3, 0.4) is 0 Å². The van der Waals surface area contributed by atoms with E-state index in [4.69, 9.17) is 10.3 Å². The van der Waals surface area contributed by atoms with Crippen LogP contribution in [0.4, 0.5) is 8.78 Å². The minimum Gasteiger partial charge on any atom is -0.453 e. The second kappa shape index (κ2) is 5.57. The lowest BCUT2D eigenvalue weighted by Gasteiger charge is -2.00. The Morgan fingerprint density at radius 1 is 1.69 bits per heavy atom. The van der Waals surface area contributed by atoms with Gasteiger partial charge in [0, 0.05) is 5.56 Å². The van der Waals surface area contributed by atoms with Gasteiger partial charge in [0.05, 0.1) is 0 Å². The maximum absolute atomic E-state index is 11.8. The van der Waals surface area contributed by atoms with E-state index in [2.05, 4.69) is 4.74 Å². The van der Waals surface area contributed by atoms with E-state index in [9.17, 15) is 13.6 Å². The van der Waals surface area contributed by atoms with Gasteiger partial charge in [-0.2, -0.15) is 0 Å². The number of aryl methyl sites for hydroxylation is 1. The fourth-order valence-electron chi connectivity index (χ4n) is 1.16. The summed E-state index contributed by atoms with van der Waals surface area (Å²) in [5.41, 5.74) is 2.48. The Morgan fingerprint density at radius 3 is 2.94 bits per heavy atom. The first-order chi connectivity index (χ1) is 7.54. The van der Waals surface area contributed by atoms with Gasteiger partial charge in [0.1, 0.15) is 19.0 Å². The summed E-state index contributed by atoms with van der Waals surface area (Å²) in [5.74, 6) is 4.72. The number of hydrogen-bond donors (Lipinski definition) is 2. The van der Waals surface area contributed by atoms with E-state index in [0.717, 1.165) is 0 Å². The van der Waals surface area contributed by atoms with E-state index < -0.39 is 18.9 Å². The molecule has 1 heterocycles. The van der Waals surface area contributed by atoms with Crippen molar-refractivity contribution in [1.82, 2.24) is 5.43 Å². The summed E-state index contributed by atoms with van der Waals surface area (Å²) in [4.78, 5) is 11.1. The van der Waals surface area contributed by atoms with Crippen LogP contribution in [-0.4, -0.2) is 18.9 Å². The predicted molar refractivity (Wildman–Crippen MR) is 50.8 cm³/mol. The standard InChI is InChI=1S/C9H12F2N2O3/c1-5-2-6(3-15-4-7(10)11)16-8(5)9(14)13-12/h2,7H,3-4,12H2,1H3,(H,13,14). The number of rotatable bonds is 5.